The number of aromatic carboxylic acids is 1. The molecule has 0 radical (unpaired) electrons. The Bertz CT molecular complexity index is 526. The van der Waals surface area contributed by atoms with E-state index in [1.54, 1.807) is 17.9 Å². The second-order valence-electron chi connectivity index (χ2n) is 4.28. The lowest BCUT2D eigenvalue weighted by molar-refractivity contribution is -0.129. The summed E-state index contributed by atoms with van der Waals surface area (Å²) >= 11 is 0. The van der Waals surface area contributed by atoms with Crippen molar-refractivity contribution in [3.8, 4) is 0 Å². The van der Waals surface area contributed by atoms with Gasteiger partial charge in [-0.15, -0.1) is 0 Å². The number of carbonyl (C=O) groups excluding carboxylic acids is 1. The molecular weight excluding hydrogens is 278 g/mol. The molecule has 2 unspecified atom stereocenters. The number of hydrogen-bond acceptors (Lipinski definition) is 3. The van der Waals surface area contributed by atoms with Gasteiger partial charge in [-0.1, -0.05) is 6.07 Å². The Morgan fingerprint density at radius 1 is 1.30 bits per heavy atom. The van der Waals surface area contributed by atoms with E-state index in [1.165, 1.54) is 18.2 Å². The molecule has 0 aliphatic rings. The van der Waals surface area contributed by atoms with Crippen LogP contribution in [0.25, 0.3) is 0 Å². The molecule has 0 saturated carbocycles. The molecule has 20 heavy (non-hydrogen) atoms. The highest BCUT2D eigenvalue weighted by Gasteiger charge is 2.25. The molecule has 1 N–H and O–H groups in total. The Balaban J connectivity index is 2.97. The lowest BCUT2D eigenvalue weighted by Gasteiger charge is -2.22. The van der Waals surface area contributed by atoms with Crippen LogP contribution in [0.5, 0.6) is 0 Å². The maximum Gasteiger partial charge on any atom is 0.335 e. The number of carboxylic acids is 1. The van der Waals surface area contributed by atoms with Crippen molar-refractivity contribution in [1.82, 2.24) is 4.90 Å². The fraction of sp³-hybridized carbons (Fsp3) is 0.429. The number of nitrogens with zero attached hydrogens (tertiary/aromatic N) is 1. The molecule has 0 spiro atoms. The first-order chi connectivity index (χ1) is 9.42. The molecule has 110 valence electrons. The van der Waals surface area contributed by atoms with Crippen LogP contribution in [0.4, 0.5) is 0 Å². The zero-order valence-electron chi connectivity index (χ0n) is 11.8. The Labute approximate surface area is 121 Å². The van der Waals surface area contributed by atoms with E-state index in [2.05, 4.69) is 0 Å². The molecule has 1 amide bonds. The predicted molar refractivity (Wildman–Crippen MR) is 77.2 cm³/mol. The van der Waals surface area contributed by atoms with Crippen LogP contribution in [-0.2, 0) is 15.6 Å². The summed E-state index contributed by atoms with van der Waals surface area (Å²) in [6.07, 6.45) is 0. The topological polar surface area (TPSA) is 74.7 Å². The van der Waals surface area contributed by atoms with Crippen LogP contribution in [0.1, 0.15) is 31.1 Å². The molecule has 0 bridgehead atoms. The van der Waals surface area contributed by atoms with Gasteiger partial charge in [-0.25, -0.2) is 4.79 Å². The van der Waals surface area contributed by atoms with E-state index in [0.29, 0.717) is 18.0 Å². The molecule has 0 fully saturated rings. The highest BCUT2D eigenvalue weighted by Crippen LogP contribution is 2.15. The first-order valence-corrected chi connectivity index (χ1v) is 7.66. The van der Waals surface area contributed by atoms with Gasteiger partial charge in [0.15, 0.2) is 0 Å². The average molecular weight is 297 g/mol. The molecule has 1 aromatic rings. The quantitative estimate of drug-likeness (QED) is 0.868. The molecule has 0 aliphatic heterocycles. The van der Waals surface area contributed by atoms with Crippen LogP contribution in [0, 0.1) is 0 Å². The predicted octanol–water partition coefficient (Wildman–Crippen LogP) is 1.75. The molecule has 0 aromatic heterocycles. The standard InChI is InChI=1S/C14H19NO4S/c1-4-15(5-2)13(16)10(3)20(19)12-8-6-7-11(9-12)14(17)18/h6-10H,4-5H2,1-3H3,(H,17,18). The van der Waals surface area contributed by atoms with E-state index in [9.17, 15) is 13.8 Å². The summed E-state index contributed by atoms with van der Waals surface area (Å²) in [5.41, 5.74) is 0.0679. The van der Waals surface area contributed by atoms with Crippen LogP contribution in [-0.4, -0.2) is 44.4 Å². The zero-order chi connectivity index (χ0) is 15.3. The molecule has 5 nitrogen and oxygen atoms in total. The first-order valence-electron chi connectivity index (χ1n) is 6.45. The molecule has 0 saturated heterocycles. The second kappa shape index (κ2) is 7.19. The number of carboxylic acid groups (broad SMARTS) is 1. The smallest absolute Gasteiger partial charge is 0.335 e. The van der Waals surface area contributed by atoms with Gasteiger partial charge in [0.2, 0.25) is 5.91 Å². The largest absolute Gasteiger partial charge is 0.478 e. The summed E-state index contributed by atoms with van der Waals surface area (Å²) in [6.45, 7) is 6.45. The van der Waals surface area contributed by atoms with Crippen molar-refractivity contribution in [2.75, 3.05) is 13.1 Å². The Hall–Kier alpha value is -1.69. The van der Waals surface area contributed by atoms with Crippen LogP contribution in [0.2, 0.25) is 0 Å². The van der Waals surface area contributed by atoms with Gasteiger partial charge in [0.1, 0.15) is 5.25 Å². The van der Waals surface area contributed by atoms with E-state index in [0.717, 1.165) is 0 Å². The van der Waals surface area contributed by atoms with E-state index in [-0.39, 0.29) is 11.5 Å². The third-order valence-electron chi connectivity index (χ3n) is 3.06. The third kappa shape index (κ3) is 3.66. The molecule has 1 aromatic carbocycles. The highest BCUT2D eigenvalue weighted by molar-refractivity contribution is 7.86. The summed E-state index contributed by atoms with van der Waals surface area (Å²) < 4.78 is 12.4. The van der Waals surface area contributed by atoms with E-state index in [4.69, 9.17) is 5.11 Å². The minimum Gasteiger partial charge on any atom is -0.478 e. The first kappa shape index (κ1) is 16.4. The molecule has 2 atom stereocenters. The van der Waals surface area contributed by atoms with Crippen molar-refractivity contribution in [2.45, 2.75) is 30.9 Å². The van der Waals surface area contributed by atoms with Crippen molar-refractivity contribution in [3.05, 3.63) is 29.8 Å². The highest BCUT2D eigenvalue weighted by atomic mass is 32.2. The SMILES string of the molecule is CCN(CC)C(=O)C(C)S(=O)c1cccc(C(=O)O)c1. The van der Waals surface area contributed by atoms with Crippen LogP contribution in [0.15, 0.2) is 29.2 Å². The Morgan fingerprint density at radius 2 is 1.90 bits per heavy atom. The maximum absolute atomic E-state index is 12.4. The van der Waals surface area contributed by atoms with E-state index < -0.39 is 22.0 Å². The number of carbonyl (C=O) groups is 2. The third-order valence-corrected chi connectivity index (χ3v) is 4.62. The molecule has 1 rings (SSSR count). The minimum atomic E-state index is -1.56. The summed E-state index contributed by atoms with van der Waals surface area (Å²) in [5.74, 6) is -1.26. The van der Waals surface area contributed by atoms with Crippen molar-refractivity contribution in [2.24, 2.45) is 0 Å². The molecule has 0 heterocycles. The van der Waals surface area contributed by atoms with Gasteiger partial charge >= 0.3 is 5.97 Å². The van der Waals surface area contributed by atoms with Gasteiger partial charge in [0.25, 0.3) is 0 Å². The molecular formula is C14H19NO4S. The van der Waals surface area contributed by atoms with Crippen LogP contribution >= 0.6 is 0 Å². The Morgan fingerprint density at radius 3 is 2.40 bits per heavy atom. The molecule has 0 aliphatic carbocycles. The fourth-order valence-corrected chi connectivity index (χ4v) is 3.04. The van der Waals surface area contributed by atoms with Gasteiger partial charge in [0.05, 0.1) is 16.4 Å². The Kier molecular flexibility index (Phi) is 5.88. The van der Waals surface area contributed by atoms with Crippen LogP contribution in [0.3, 0.4) is 0 Å². The van der Waals surface area contributed by atoms with Crippen molar-refractivity contribution >= 4 is 22.7 Å². The summed E-state index contributed by atoms with van der Waals surface area (Å²) in [6, 6.07) is 5.89. The summed E-state index contributed by atoms with van der Waals surface area (Å²) in [7, 11) is -1.56. The van der Waals surface area contributed by atoms with Gasteiger partial charge in [-0.3, -0.25) is 9.00 Å². The van der Waals surface area contributed by atoms with Crippen molar-refractivity contribution < 1.29 is 18.9 Å². The summed E-state index contributed by atoms with van der Waals surface area (Å²) in [4.78, 5) is 25.0. The fourth-order valence-electron chi connectivity index (χ4n) is 1.84. The number of amides is 1. The lowest BCUT2D eigenvalue weighted by Crippen LogP contribution is -2.39. The monoisotopic (exact) mass is 297 g/mol. The van der Waals surface area contributed by atoms with Gasteiger partial charge in [0, 0.05) is 18.0 Å². The van der Waals surface area contributed by atoms with Crippen molar-refractivity contribution in [3.63, 3.8) is 0 Å². The normalized spacial score (nSPS) is 13.6. The van der Waals surface area contributed by atoms with Gasteiger partial charge in [-0.2, -0.15) is 0 Å². The second-order valence-corrected chi connectivity index (χ2v) is 6.06. The van der Waals surface area contributed by atoms with Gasteiger partial charge < -0.3 is 10.0 Å². The van der Waals surface area contributed by atoms with Crippen molar-refractivity contribution in [1.29, 1.82) is 0 Å². The average Bonchev–Trinajstić information content (AvgIpc) is 2.46. The van der Waals surface area contributed by atoms with Crippen LogP contribution < -0.4 is 0 Å². The zero-order valence-corrected chi connectivity index (χ0v) is 12.6. The van der Waals surface area contributed by atoms with E-state index >= 15 is 0 Å². The number of rotatable bonds is 6. The minimum absolute atomic E-state index is 0.0679. The lowest BCUT2D eigenvalue weighted by atomic mass is 10.2. The molecule has 6 heteroatoms. The summed E-state index contributed by atoms with van der Waals surface area (Å²) in [5, 5.41) is 8.23. The number of benzene rings is 1. The van der Waals surface area contributed by atoms with E-state index in [1.807, 2.05) is 13.8 Å². The maximum atomic E-state index is 12.4. The van der Waals surface area contributed by atoms with Gasteiger partial charge in [-0.05, 0) is 39.0 Å². The number of hydrogen-bond donors (Lipinski definition) is 1.